The van der Waals surface area contributed by atoms with Crippen LogP contribution in [0, 0.1) is 10.5 Å². The maximum Gasteiger partial charge on any atom is 0.528 e. The summed E-state index contributed by atoms with van der Waals surface area (Å²) in [7, 11) is 0. The summed E-state index contributed by atoms with van der Waals surface area (Å²) in [4.78, 5) is 25.3. The van der Waals surface area contributed by atoms with Gasteiger partial charge in [-0.15, -0.1) is 5.06 Å². The van der Waals surface area contributed by atoms with Crippen molar-refractivity contribution < 1.29 is 19.1 Å². The van der Waals surface area contributed by atoms with Gasteiger partial charge in [-0.3, -0.25) is 0 Å². The highest BCUT2D eigenvalue weighted by Crippen LogP contribution is 2.24. The van der Waals surface area contributed by atoms with Crippen LogP contribution in [0.3, 0.4) is 0 Å². The molecule has 9 heteroatoms. The van der Waals surface area contributed by atoms with Gasteiger partial charge in [-0.2, -0.15) is 0 Å². The summed E-state index contributed by atoms with van der Waals surface area (Å²) in [6.07, 6.45) is 2.05. The molecule has 29 heavy (non-hydrogen) atoms. The van der Waals surface area contributed by atoms with E-state index in [1.54, 1.807) is 25.0 Å². The van der Waals surface area contributed by atoms with Crippen molar-refractivity contribution in [2.75, 3.05) is 18.4 Å². The SMILES string of the molecule is Cc1cc(I)ccc1Nc1cc(OC2CCN(OC(=O)OC(C)C)CC2)ncn1. The molecule has 0 amide bonds. The fraction of sp³-hybridized carbons (Fsp3) is 0.450. The van der Waals surface area contributed by atoms with Crippen molar-refractivity contribution in [3.8, 4) is 5.88 Å². The lowest BCUT2D eigenvalue weighted by Crippen LogP contribution is -2.40. The van der Waals surface area contributed by atoms with Gasteiger partial charge in [0.25, 0.3) is 0 Å². The lowest BCUT2D eigenvalue weighted by molar-refractivity contribution is -0.151. The Morgan fingerprint density at radius 1 is 1.24 bits per heavy atom. The third-order valence-electron chi connectivity index (χ3n) is 4.32. The molecular weight excluding hydrogens is 487 g/mol. The van der Waals surface area contributed by atoms with Crippen molar-refractivity contribution in [2.45, 2.75) is 45.8 Å². The molecule has 8 nitrogen and oxygen atoms in total. The summed E-state index contributed by atoms with van der Waals surface area (Å²) >= 11 is 2.29. The summed E-state index contributed by atoms with van der Waals surface area (Å²) in [6.45, 7) is 6.78. The number of hydroxylamine groups is 2. The number of rotatable bonds is 6. The second kappa shape index (κ2) is 10.1. The number of hydrogen-bond acceptors (Lipinski definition) is 8. The van der Waals surface area contributed by atoms with Gasteiger partial charge in [0.15, 0.2) is 0 Å². The van der Waals surface area contributed by atoms with E-state index in [-0.39, 0.29) is 12.2 Å². The molecule has 1 saturated heterocycles. The smallest absolute Gasteiger partial charge is 0.474 e. The Hall–Kier alpha value is -2.14. The maximum absolute atomic E-state index is 11.6. The quantitative estimate of drug-likeness (QED) is 0.449. The van der Waals surface area contributed by atoms with Crippen LogP contribution < -0.4 is 10.1 Å². The molecule has 1 aromatic heterocycles. The molecule has 156 valence electrons. The first kappa shape index (κ1) is 21.6. The number of nitrogens with one attached hydrogen (secondary N) is 1. The zero-order valence-corrected chi connectivity index (χ0v) is 18.9. The van der Waals surface area contributed by atoms with Crippen LogP contribution in [-0.4, -0.2) is 46.5 Å². The molecule has 1 aromatic carbocycles. The number of carbonyl (C=O) groups is 1. The first-order chi connectivity index (χ1) is 13.9. The van der Waals surface area contributed by atoms with Crippen LogP contribution in [0.2, 0.25) is 0 Å². The highest BCUT2D eigenvalue weighted by Gasteiger charge is 2.24. The summed E-state index contributed by atoms with van der Waals surface area (Å²) in [5.41, 5.74) is 2.13. The highest BCUT2D eigenvalue weighted by molar-refractivity contribution is 14.1. The van der Waals surface area contributed by atoms with Gasteiger partial charge in [-0.1, -0.05) is 0 Å². The lowest BCUT2D eigenvalue weighted by atomic mass is 10.1. The van der Waals surface area contributed by atoms with E-state index in [0.717, 1.165) is 24.1 Å². The number of hydrogen-bond donors (Lipinski definition) is 1. The molecule has 0 unspecified atom stereocenters. The molecule has 0 bridgehead atoms. The van der Waals surface area contributed by atoms with E-state index < -0.39 is 6.16 Å². The van der Waals surface area contributed by atoms with E-state index in [4.69, 9.17) is 14.3 Å². The largest absolute Gasteiger partial charge is 0.528 e. The van der Waals surface area contributed by atoms with Gasteiger partial charge in [0.2, 0.25) is 5.88 Å². The van der Waals surface area contributed by atoms with Gasteiger partial charge in [-0.25, -0.2) is 14.8 Å². The van der Waals surface area contributed by atoms with Gasteiger partial charge in [-0.05, 0) is 67.1 Å². The molecule has 0 atom stereocenters. The second-order valence-corrected chi connectivity index (χ2v) is 8.33. The predicted octanol–water partition coefficient (Wildman–Crippen LogP) is 4.45. The number of carbonyl (C=O) groups excluding carboxylic acids is 1. The minimum Gasteiger partial charge on any atom is -0.474 e. The number of aromatic nitrogens is 2. The van der Waals surface area contributed by atoms with Crippen molar-refractivity contribution in [1.29, 1.82) is 0 Å². The van der Waals surface area contributed by atoms with Crippen LogP contribution in [0.5, 0.6) is 5.88 Å². The number of anilines is 2. The van der Waals surface area contributed by atoms with Crippen LogP contribution in [0.1, 0.15) is 32.3 Å². The molecular formula is C20H25IN4O4. The summed E-state index contributed by atoms with van der Waals surface area (Å²) in [5, 5.41) is 4.92. The van der Waals surface area contributed by atoms with Gasteiger partial charge in [0.1, 0.15) is 18.2 Å². The lowest BCUT2D eigenvalue weighted by Gasteiger charge is -2.30. The topological polar surface area (TPSA) is 85.8 Å². The number of halogens is 1. The Labute approximate surface area is 184 Å². The number of ether oxygens (including phenoxy) is 2. The van der Waals surface area contributed by atoms with Gasteiger partial charge < -0.3 is 19.6 Å². The van der Waals surface area contributed by atoms with Crippen LogP contribution in [0.15, 0.2) is 30.6 Å². The fourth-order valence-electron chi connectivity index (χ4n) is 2.91. The van der Waals surface area contributed by atoms with Gasteiger partial charge in [0, 0.05) is 41.3 Å². The average molecular weight is 512 g/mol. The van der Waals surface area contributed by atoms with Crippen molar-refractivity contribution >= 4 is 40.3 Å². The van der Waals surface area contributed by atoms with E-state index in [0.29, 0.717) is 24.8 Å². The minimum absolute atomic E-state index is 0.00115. The van der Waals surface area contributed by atoms with E-state index in [1.165, 1.54) is 9.90 Å². The van der Waals surface area contributed by atoms with Gasteiger partial charge >= 0.3 is 6.16 Å². The zero-order valence-electron chi connectivity index (χ0n) is 16.7. The summed E-state index contributed by atoms with van der Waals surface area (Å²) in [6, 6.07) is 7.97. The monoisotopic (exact) mass is 512 g/mol. The Bertz CT molecular complexity index is 841. The minimum atomic E-state index is -0.670. The molecule has 3 rings (SSSR count). The molecule has 0 radical (unpaired) electrons. The third-order valence-corrected chi connectivity index (χ3v) is 4.99. The first-order valence-corrected chi connectivity index (χ1v) is 10.6. The van der Waals surface area contributed by atoms with Crippen LogP contribution >= 0.6 is 22.6 Å². The highest BCUT2D eigenvalue weighted by atomic mass is 127. The van der Waals surface area contributed by atoms with Crippen LogP contribution in [0.25, 0.3) is 0 Å². The summed E-state index contributed by atoms with van der Waals surface area (Å²) < 4.78 is 12.2. The van der Waals surface area contributed by atoms with Crippen molar-refractivity contribution in [3.05, 3.63) is 39.7 Å². The molecule has 0 spiro atoms. The fourth-order valence-corrected chi connectivity index (χ4v) is 3.56. The molecule has 1 N–H and O–H groups in total. The molecule has 2 heterocycles. The number of aryl methyl sites for hydroxylation is 1. The third kappa shape index (κ3) is 6.70. The molecule has 1 fully saturated rings. The standard InChI is InChI=1S/C20H25IN4O4/c1-13(2)27-20(26)29-25-8-6-16(7-9-25)28-19-11-18(22-12-23-19)24-17-5-4-15(21)10-14(17)3/h4-5,10-13,16H,6-9H2,1-3H3,(H,22,23,24). The van der Waals surface area contributed by atoms with Crippen molar-refractivity contribution in [1.82, 2.24) is 15.0 Å². The van der Waals surface area contributed by atoms with Crippen molar-refractivity contribution in [3.63, 3.8) is 0 Å². The number of piperidine rings is 1. The maximum atomic E-state index is 11.6. The van der Waals surface area contributed by atoms with Crippen LogP contribution in [-0.2, 0) is 9.57 Å². The Balaban J connectivity index is 1.51. The van der Waals surface area contributed by atoms with E-state index >= 15 is 0 Å². The number of nitrogens with zero attached hydrogens (tertiary/aromatic N) is 3. The van der Waals surface area contributed by atoms with E-state index in [2.05, 4.69) is 50.9 Å². The second-order valence-electron chi connectivity index (χ2n) is 7.08. The van der Waals surface area contributed by atoms with Crippen LogP contribution in [0.4, 0.5) is 16.3 Å². The summed E-state index contributed by atoms with van der Waals surface area (Å²) in [5.74, 6) is 1.20. The van der Waals surface area contributed by atoms with Crippen molar-refractivity contribution in [2.24, 2.45) is 0 Å². The Kier molecular flexibility index (Phi) is 7.48. The first-order valence-electron chi connectivity index (χ1n) is 9.54. The molecule has 0 saturated carbocycles. The molecule has 1 aliphatic rings. The molecule has 0 aliphatic carbocycles. The van der Waals surface area contributed by atoms with E-state index in [9.17, 15) is 4.79 Å². The molecule has 2 aromatic rings. The van der Waals surface area contributed by atoms with E-state index in [1.807, 2.05) is 12.1 Å². The zero-order chi connectivity index (χ0) is 20.8. The van der Waals surface area contributed by atoms with Gasteiger partial charge in [0.05, 0.1) is 6.10 Å². The number of benzene rings is 1. The Morgan fingerprint density at radius 3 is 2.69 bits per heavy atom. The Morgan fingerprint density at radius 2 is 2.00 bits per heavy atom. The predicted molar refractivity (Wildman–Crippen MR) is 117 cm³/mol. The molecule has 1 aliphatic heterocycles. The average Bonchev–Trinajstić information content (AvgIpc) is 2.65. The normalized spacial score (nSPS) is 15.2.